The van der Waals surface area contributed by atoms with Gasteiger partial charge in [0.05, 0.1) is 12.2 Å². The lowest BCUT2D eigenvalue weighted by molar-refractivity contribution is -0.133. The Balaban J connectivity index is 1.75. The maximum atomic E-state index is 13.0. The van der Waals surface area contributed by atoms with Crippen molar-refractivity contribution in [2.24, 2.45) is 0 Å². The number of alkyl halides is 2. The summed E-state index contributed by atoms with van der Waals surface area (Å²) < 4.78 is 34.1. The van der Waals surface area contributed by atoms with Crippen LogP contribution in [0.1, 0.15) is 40.2 Å². The molecule has 0 saturated carbocycles. The fraction of sp³-hybridized carbons (Fsp3) is 0.364. The molecule has 0 bridgehead atoms. The van der Waals surface area contributed by atoms with Gasteiger partial charge >= 0.3 is 18.6 Å². The van der Waals surface area contributed by atoms with Gasteiger partial charge in [-0.15, -0.1) is 11.3 Å². The standard InChI is InChI=1S/C22H23F2N3O6S/c1-5-32-18(29)16-11(2)12(3)34-17(16)25-15(28)10-27-19(30)22(4,26-21(27)31)13-6-8-14(9-7-13)33-20(23)24/h6-9,20H,5,10H2,1-4H3,(H,25,28)(H,26,31)/t22-/m1/s1. The summed E-state index contributed by atoms with van der Waals surface area (Å²) in [5.74, 6) is -2.06. The van der Waals surface area contributed by atoms with E-state index in [-0.39, 0.29) is 22.9 Å². The normalized spacial score (nSPS) is 17.7. The van der Waals surface area contributed by atoms with Crippen LogP contribution in [0.25, 0.3) is 0 Å². The molecule has 12 heteroatoms. The molecule has 0 unspecified atom stereocenters. The molecule has 0 spiro atoms. The first-order valence-corrected chi connectivity index (χ1v) is 11.1. The summed E-state index contributed by atoms with van der Waals surface area (Å²) in [6.45, 7) is 3.20. The van der Waals surface area contributed by atoms with Crippen LogP contribution in [0.15, 0.2) is 24.3 Å². The zero-order valence-electron chi connectivity index (χ0n) is 18.9. The van der Waals surface area contributed by atoms with E-state index in [1.807, 2.05) is 0 Å². The number of carbonyl (C=O) groups is 4. The summed E-state index contributed by atoms with van der Waals surface area (Å²) in [5.41, 5.74) is -0.289. The third kappa shape index (κ3) is 4.86. The number of amides is 4. The molecule has 4 amide bonds. The van der Waals surface area contributed by atoms with Crippen molar-refractivity contribution < 1.29 is 37.4 Å². The first-order chi connectivity index (χ1) is 16.0. The van der Waals surface area contributed by atoms with E-state index in [0.29, 0.717) is 11.1 Å². The SMILES string of the molecule is CCOC(=O)c1c(NC(=O)CN2C(=O)N[C@](C)(c3ccc(OC(F)F)cc3)C2=O)sc(C)c1C. The van der Waals surface area contributed by atoms with E-state index < -0.39 is 42.5 Å². The van der Waals surface area contributed by atoms with Gasteiger partial charge in [0.25, 0.3) is 5.91 Å². The Bertz CT molecular complexity index is 1130. The van der Waals surface area contributed by atoms with Crippen molar-refractivity contribution in [3.63, 3.8) is 0 Å². The molecule has 2 N–H and O–H groups in total. The van der Waals surface area contributed by atoms with Crippen molar-refractivity contribution in [3.8, 4) is 5.75 Å². The molecule has 1 saturated heterocycles. The number of esters is 1. The molecule has 1 aliphatic heterocycles. The molecule has 182 valence electrons. The molecule has 1 aromatic heterocycles. The van der Waals surface area contributed by atoms with Gasteiger partial charge in [0, 0.05) is 4.88 Å². The molecular formula is C22H23F2N3O6S. The van der Waals surface area contributed by atoms with Crippen LogP contribution >= 0.6 is 11.3 Å². The Morgan fingerprint density at radius 1 is 1.21 bits per heavy atom. The molecule has 2 aromatic rings. The van der Waals surface area contributed by atoms with Crippen LogP contribution < -0.4 is 15.4 Å². The molecule has 2 heterocycles. The predicted molar refractivity (Wildman–Crippen MR) is 119 cm³/mol. The average Bonchev–Trinajstić information content (AvgIpc) is 3.15. The lowest BCUT2D eigenvalue weighted by Crippen LogP contribution is -2.42. The topological polar surface area (TPSA) is 114 Å². The average molecular weight is 496 g/mol. The van der Waals surface area contributed by atoms with Gasteiger partial charge in [-0.05, 0) is 51.0 Å². The lowest BCUT2D eigenvalue weighted by Gasteiger charge is -2.22. The Labute approximate surface area is 198 Å². The van der Waals surface area contributed by atoms with Crippen LogP contribution in [0.3, 0.4) is 0 Å². The Morgan fingerprint density at radius 3 is 2.44 bits per heavy atom. The number of carbonyl (C=O) groups excluding carboxylic acids is 4. The highest BCUT2D eigenvalue weighted by atomic mass is 32.1. The minimum absolute atomic E-state index is 0.103. The lowest BCUT2D eigenvalue weighted by atomic mass is 9.92. The smallest absolute Gasteiger partial charge is 0.387 e. The fourth-order valence-corrected chi connectivity index (χ4v) is 4.54. The van der Waals surface area contributed by atoms with Gasteiger partial charge in [0.1, 0.15) is 22.8 Å². The number of hydrogen-bond acceptors (Lipinski definition) is 7. The van der Waals surface area contributed by atoms with Crippen LogP contribution in [-0.4, -0.2) is 48.5 Å². The summed E-state index contributed by atoms with van der Waals surface area (Å²) in [4.78, 5) is 52.1. The number of rotatable bonds is 8. The summed E-state index contributed by atoms with van der Waals surface area (Å²) in [6, 6.07) is 4.46. The van der Waals surface area contributed by atoms with Crippen molar-refractivity contribution in [2.75, 3.05) is 18.5 Å². The molecule has 9 nitrogen and oxygen atoms in total. The second-order valence-corrected chi connectivity index (χ2v) is 8.83. The first kappa shape index (κ1) is 25.1. The maximum absolute atomic E-state index is 13.0. The number of hydrogen-bond donors (Lipinski definition) is 2. The summed E-state index contributed by atoms with van der Waals surface area (Å²) >= 11 is 1.18. The number of benzene rings is 1. The number of nitrogens with one attached hydrogen (secondary N) is 2. The van der Waals surface area contributed by atoms with E-state index >= 15 is 0 Å². The highest BCUT2D eigenvalue weighted by Crippen LogP contribution is 2.34. The van der Waals surface area contributed by atoms with Gasteiger partial charge in [0.2, 0.25) is 5.91 Å². The molecular weight excluding hydrogens is 472 g/mol. The monoisotopic (exact) mass is 495 g/mol. The largest absolute Gasteiger partial charge is 0.462 e. The number of halogens is 2. The maximum Gasteiger partial charge on any atom is 0.387 e. The van der Waals surface area contributed by atoms with Gasteiger partial charge in [-0.3, -0.25) is 14.5 Å². The molecule has 1 aromatic carbocycles. The Hall–Kier alpha value is -3.54. The molecule has 3 rings (SSSR count). The zero-order valence-corrected chi connectivity index (χ0v) is 19.7. The Kier molecular flexibility index (Phi) is 7.20. The van der Waals surface area contributed by atoms with E-state index in [9.17, 15) is 28.0 Å². The van der Waals surface area contributed by atoms with E-state index in [4.69, 9.17) is 4.74 Å². The zero-order chi connectivity index (χ0) is 25.2. The van der Waals surface area contributed by atoms with Crippen LogP contribution in [-0.2, 0) is 19.9 Å². The van der Waals surface area contributed by atoms with E-state index in [1.165, 1.54) is 42.5 Å². The minimum Gasteiger partial charge on any atom is -0.462 e. The molecule has 0 radical (unpaired) electrons. The van der Waals surface area contributed by atoms with Gasteiger partial charge < -0.3 is 20.1 Å². The van der Waals surface area contributed by atoms with E-state index in [0.717, 1.165) is 9.78 Å². The molecule has 0 aliphatic carbocycles. The number of nitrogens with zero attached hydrogens (tertiary/aromatic N) is 1. The predicted octanol–water partition coefficient (Wildman–Crippen LogP) is 3.55. The number of imide groups is 1. The van der Waals surface area contributed by atoms with Crippen molar-refractivity contribution in [2.45, 2.75) is 39.8 Å². The number of aryl methyl sites for hydroxylation is 1. The number of urea groups is 1. The first-order valence-electron chi connectivity index (χ1n) is 10.2. The Morgan fingerprint density at radius 2 is 1.85 bits per heavy atom. The van der Waals surface area contributed by atoms with Crippen LogP contribution in [0.2, 0.25) is 0 Å². The van der Waals surface area contributed by atoms with Crippen molar-refractivity contribution in [1.29, 1.82) is 0 Å². The third-order valence-electron chi connectivity index (χ3n) is 5.35. The van der Waals surface area contributed by atoms with Gasteiger partial charge in [-0.2, -0.15) is 8.78 Å². The summed E-state index contributed by atoms with van der Waals surface area (Å²) in [6.07, 6.45) is 0. The molecule has 1 atom stereocenters. The highest BCUT2D eigenvalue weighted by molar-refractivity contribution is 7.16. The van der Waals surface area contributed by atoms with E-state index in [1.54, 1.807) is 20.8 Å². The minimum atomic E-state index is -3.00. The molecule has 1 fully saturated rings. The van der Waals surface area contributed by atoms with Gasteiger partial charge in [-0.25, -0.2) is 9.59 Å². The molecule has 34 heavy (non-hydrogen) atoms. The summed E-state index contributed by atoms with van der Waals surface area (Å²) in [7, 11) is 0. The second kappa shape index (κ2) is 9.75. The van der Waals surface area contributed by atoms with Crippen molar-refractivity contribution >= 4 is 40.2 Å². The van der Waals surface area contributed by atoms with Crippen LogP contribution in [0, 0.1) is 13.8 Å². The van der Waals surface area contributed by atoms with Crippen LogP contribution in [0.5, 0.6) is 5.75 Å². The highest BCUT2D eigenvalue weighted by Gasteiger charge is 2.49. The second-order valence-electron chi connectivity index (χ2n) is 7.61. The van der Waals surface area contributed by atoms with Gasteiger partial charge in [-0.1, -0.05) is 12.1 Å². The van der Waals surface area contributed by atoms with Crippen LogP contribution in [0.4, 0.5) is 18.6 Å². The third-order valence-corrected chi connectivity index (χ3v) is 6.47. The quantitative estimate of drug-likeness (QED) is 0.428. The van der Waals surface area contributed by atoms with Gasteiger partial charge in [0.15, 0.2) is 0 Å². The fourth-order valence-electron chi connectivity index (χ4n) is 3.48. The summed E-state index contributed by atoms with van der Waals surface area (Å²) in [5, 5.41) is 5.39. The van der Waals surface area contributed by atoms with Crippen molar-refractivity contribution in [3.05, 3.63) is 45.8 Å². The number of thiophene rings is 1. The van der Waals surface area contributed by atoms with Crippen molar-refractivity contribution in [1.82, 2.24) is 10.2 Å². The molecule has 1 aliphatic rings. The van der Waals surface area contributed by atoms with E-state index in [2.05, 4.69) is 15.4 Å². The number of anilines is 1. The number of ether oxygens (including phenoxy) is 2.